The number of aliphatic hydroxyl groups is 1. The number of rotatable bonds is 5. The van der Waals surface area contributed by atoms with Crippen molar-refractivity contribution in [1.29, 1.82) is 0 Å². The maximum Gasteiger partial charge on any atom is 0.225 e. The van der Waals surface area contributed by atoms with Gasteiger partial charge in [0.2, 0.25) is 5.91 Å². The van der Waals surface area contributed by atoms with Gasteiger partial charge in [0.15, 0.2) is 0 Å². The zero-order chi connectivity index (χ0) is 12.8. The van der Waals surface area contributed by atoms with E-state index >= 15 is 0 Å². The number of carbonyl (C=O) groups excluding carboxylic acids is 1. The highest BCUT2D eigenvalue weighted by Crippen LogP contribution is 2.24. The van der Waals surface area contributed by atoms with Crippen LogP contribution in [0.2, 0.25) is 0 Å². The molecule has 0 radical (unpaired) electrons. The quantitative estimate of drug-likeness (QED) is 0.734. The van der Waals surface area contributed by atoms with Gasteiger partial charge in [-0.3, -0.25) is 4.79 Å². The lowest BCUT2D eigenvalue weighted by Crippen LogP contribution is -2.45. The van der Waals surface area contributed by atoms with E-state index < -0.39 is 0 Å². The number of carbonyl (C=O) groups is 1. The summed E-state index contributed by atoms with van der Waals surface area (Å²) in [5.41, 5.74) is 0. The van der Waals surface area contributed by atoms with E-state index in [1.54, 1.807) is 0 Å². The van der Waals surface area contributed by atoms with E-state index in [1.165, 1.54) is 12.8 Å². The number of amides is 1. The van der Waals surface area contributed by atoms with Gasteiger partial charge in [0.25, 0.3) is 0 Å². The number of hydrogen-bond acceptors (Lipinski definition) is 4. The first kappa shape index (κ1) is 13.8. The standard InChI is InChI=1S/C13H24N2O3/c16-7-6-15(11-3-1-2-4-11)13(17)9-12-10-14-5-8-18-12/h11-12,14,16H,1-10H2. The Labute approximate surface area is 108 Å². The molecule has 1 unspecified atom stereocenters. The molecule has 1 amide bonds. The highest BCUT2D eigenvalue weighted by Gasteiger charge is 2.28. The minimum Gasteiger partial charge on any atom is -0.395 e. The highest BCUT2D eigenvalue weighted by molar-refractivity contribution is 5.77. The van der Waals surface area contributed by atoms with Crippen molar-refractivity contribution in [2.45, 2.75) is 44.2 Å². The van der Waals surface area contributed by atoms with Gasteiger partial charge in [0.05, 0.1) is 25.7 Å². The second kappa shape index (κ2) is 7.07. The third-order valence-corrected chi connectivity index (χ3v) is 3.83. The predicted molar refractivity (Wildman–Crippen MR) is 68.3 cm³/mol. The molecule has 104 valence electrons. The molecular formula is C13H24N2O3. The van der Waals surface area contributed by atoms with Crippen LogP contribution < -0.4 is 5.32 Å². The zero-order valence-corrected chi connectivity index (χ0v) is 10.9. The third-order valence-electron chi connectivity index (χ3n) is 3.83. The summed E-state index contributed by atoms with van der Waals surface area (Å²) in [6, 6.07) is 0.334. The van der Waals surface area contributed by atoms with Crippen LogP contribution in [0.1, 0.15) is 32.1 Å². The van der Waals surface area contributed by atoms with Crippen LogP contribution in [0.15, 0.2) is 0 Å². The molecule has 0 aromatic rings. The van der Waals surface area contributed by atoms with Crippen LogP contribution in [0.5, 0.6) is 0 Å². The largest absolute Gasteiger partial charge is 0.395 e. The molecule has 1 aliphatic carbocycles. The number of aliphatic hydroxyl groups excluding tert-OH is 1. The lowest BCUT2D eigenvalue weighted by Gasteiger charge is -2.31. The molecule has 5 nitrogen and oxygen atoms in total. The molecule has 1 heterocycles. The summed E-state index contributed by atoms with van der Waals surface area (Å²) < 4.78 is 5.57. The van der Waals surface area contributed by atoms with Crippen LogP contribution in [0.25, 0.3) is 0 Å². The Morgan fingerprint density at radius 1 is 1.39 bits per heavy atom. The van der Waals surface area contributed by atoms with E-state index in [2.05, 4.69) is 5.32 Å². The van der Waals surface area contributed by atoms with Crippen molar-refractivity contribution in [3.8, 4) is 0 Å². The minimum absolute atomic E-state index is 0.00570. The van der Waals surface area contributed by atoms with Crippen LogP contribution in [0.3, 0.4) is 0 Å². The van der Waals surface area contributed by atoms with Crippen molar-refractivity contribution >= 4 is 5.91 Å². The monoisotopic (exact) mass is 256 g/mol. The van der Waals surface area contributed by atoms with Crippen molar-refractivity contribution in [3.63, 3.8) is 0 Å². The maximum atomic E-state index is 12.3. The Morgan fingerprint density at radius 2 is 2.17 bits per heavy atom. The van der Waals surface area contributed by atoms with Crippen molar-refractivity contribution in [2.24, 2.45) is 0 Å². The summed E-state index contributed by atoms with van der Waals surface area (Å²) in [5.74, 6) is 0.129. The van der Waals surface area contributed by atoms with Crippen LogP contribution in [0.4, 0.5) is 0 Å². The van der Waals surface area contributed by atoms with Crippen LogP contribution in [-0.2, 0) is 9.53 Å². The van der Waals surface area contributed by atoms with Crippen molar-refractivity contribution < 1.29 is 14.6 Å². The molecule has 0 bridgehead atoms. The van der Waals surface area contributed by atoms with E-state index in [0.29, 0.717) is 25.6 Å². The molecular weight excluding hydrogens is 232 g/mol. The molecule has 2 N–H and O–H groups in total. The fourth-order valence-corrected chi connectivity index (χ4v) is 2.90. The van der Waals surface area contributed by atoms with Gasteiger partial charge in [0.1, 0.15) is 0 Å². The molecule has 5 heteroatoms. The van der Waals surface area contributed by atoms with E-state index in [1.807, 2.05) is 4.90 Å². The molecule has 18 heavy (non-hydrogen) atoms. The fraction of sp³-hybridized carbons (Fsp3) is 0.923. The van der Waals surface area contributed by atoms with Gasteiger partial charge in [-0.2, -0.15) is 0 Å². The first-order valence-electron chi connectivity index (χ1n) is 7.04. The summed E-state index contributed by atoms with van der Waals surface area (Å²) in [7, 11) is 0. The second-order valence-electron chi connectivity index (χ2n) is 5.15. The van der Waals surface area contributed by atoms with Crippen molar-refractivity contribution in [2.75, 3.05) is 32.8 Å². The lowest BCUT2D eigenvalue weighted by atomic mass is 10.1. The number of ether oxygens (including phenoxy) is 1. The summed E-state index contributed by atoms with van der Waals surface area (Å²) >= 11 is 0. The first-order valence-corrected chi connectivity index (χ1v) is 7.04. The number of morpholine rings is 1. The topological polar surface area (TPSA) is 61.8 Å². The van der Waals surface area contributed by atoms with Gasteiger partial charge in [-0.25, -0.2) is 0 Å². The van der Waals surface area contributed by atoms with Gasteiger partial charge < -0.3 is 20.1 Å². The summed E-state index contributed by atoms with van der Waals surface area (Å²) in [6.45, 7) is 2.81. The van der Waals surface area contributed by atoms with Crippen LogP contribution >= 0.6 is 0 Å². The molecule has 1 atom stereocenters. The number of nitrogens with one attached hydrogen (secondary N) is 1. The van der Waals surface area contributed by atoms with Gasteiger partial charge in [-0.05, 0) is 12.8 Å². The molecule has 2 rings (SSSR count). The molecule has 1 saturated carbocycles. The number of nitrogens with zero attached hydrogens (tertiary/aromatic N) is 1. The van der Waals surface area contributed by atoms with E-state index in [4.69, 9.17) is 9.84 Å². The molecule has 0 spiro atoms. The predicted octanol–water partition coefficient (Wildman–Crippen LogP) is 0.128. The smallest absolute Gasteiger partial charge is 0.225 e. The van der Waals surface area contributed by atoms with Gasteiger partial charge in [-0.1, -0.05) is 12.8 Å². The summed E-state index contributed by atoms with van der Waals surface area (Å²) in [4.78, 5) is 14.2. The average molecular weight is 256 g/mol. The number of hydrogen-bond donors (Lipinski definition) is 2. The molecule has 1 saturated heterocycles. The van der Waals surface area contributed by atoms with E-state index in [0.717, 1.165) is 25.9 Å². The fourth-order valence-electron chi connectivity index (χ4n) is 2.90. The lowest BCUT2D eigenvalue weighted by molar-refractivity contribution is -0.137. The molecule has 2 aliphatic rings. The summed E-state index contributed by atoms with van der Waals surface area (Å²) in [6.07, 6.45) is 4.98. The zero-order valence-electron chi connectivity index (χ0n) is 10.9. The Morgan fingerprint density at radius 3 is 2.78 bits per heavy atom. The Balaban J connectivity index is 1.85. The maximum absolute atomic E-state index is 12.3. The van der Waals surface area contributed by atoms with Gasteiger partial charge >= 0.3 is 0 Å². The molecule has 0 aromatic carbocycles. The van der Waals surface area contributed by atoms with Crippen LogP contribution in [0, 0.1) is 0 Å². The van der Waals surface area contributed by atoms with Gasteiger partial charge in [0, 0.05) is 25.7 Å². The van der Waals surface area contributed by atoms with Gasteiger partial charge in [-0.15, -0.1) is 0 Å². The van der Waals surface area contributed by atoms with Crippen molar-refractivity contribution in [1.82, 2.24) is 10.2 Å². The van der Waals surface area contributed by atoms with Crippen molar-refractivity contribution in [3.05, 3.63) is 0 Å². The molecule has 1 aliphatic heterocycles. The van der Waals surface area contributed by atoms with E-state index in [9.17, 15) is 4.79 Å². The second-order valence-corrected chi connectivity index (χ2v) is 5.15. The Bertz CT molecular complexity index is 261. The normalized spacial score (nSPS) is 25.3. The Kier molecular flexibility index (Phi) is 5.41. The average Bonchev–Trinajstić information content (AvgIpc) is 2.90. The third kappa shape index (κ3) is 3.67. The summed E-state index contributed by atoms with van der Waals surface area (Å²) in [5, 5.41) is 12.3. The first-order chi connectivity index (χ1) is 8.81. The van der Waals surface area contributed by atoms with Crippen LogP contribution in [-0.4, -0.2) is 60.9 Å². The molecule has 2 fully saturated rings. The SMILES string of the molecule is O=C(CC1CNCCO1)N(CCO)C1CCCC1. The molecule has 0 aromatic heterocycles. The van der Waals surface area contributed by atoms with E-state index in [-0.39, 0.29) is 18.6 Å². The highest BCUT2D eigenvalue weighted by atomic mass is 16.5. The minimum atomic E-state index is -0.00570. The Hall–Kier alpha value is -0.650.